The summed E-state index contributed by atoms with van der Waals surface area (Å²) in [5, 5.41) is 2.99. The Bertz CT molecular complexity index is 934. The Balaban J connectivity index is 1.66. The Kier molecular flexibility index (Phi) is 7.11. The molecule has 1 heterocycles. The van der Waals surface area contributed by atoms with Gasteiger partial charge in [-0.2, -0.15) is 0 Å². The third kappa shape index (κ3) is 5.75. The van der Waals surface area contributed by atoms with E-state index in [0.717, 1.165) is 22.6 Å². The van der Waals surface area contributed by atoms with Gasteiger partial charge in [0.25, 0.3) is 0 Å². The van der Waals surface area contributed by atoms with Crippen LogP contribution in [0.15, 0.2) is 85.6 Å². The summed E-state index contributed by atoms with van der Waals surface area (Å²) in [4.78, 5) is 14.5. The minimum Gasteiger partial charge on any atom is -0.497 e. The molecule has 1 aromatic heterocycles. The first kappa shape index (κ1) is 20.3. The normalized spacial score (nSPS) is 10.4. The van der Waals surface area contributed by atoms with Gasteiger partial charge in [-0.3, -0.25) is 0 Å². The molecule has 1 N–H and O–H groups in total. The molecule has 0 atom stereocenters. The van der Waals surface area contributed by atoms with Crippen molar-refractivity contribution in [3.05, 3.63) is 102 Å². The van der Waals surface area contributed by atoms with Crippen LogP contribution in [0.5, 0.6) is 5.75 Å². The van der Waals surface area contributed by atoms with Crippen LogP contribution in [0, 0.1) is 0 Å². The number of methoxy groups -OCH3 is 1. The number of amides is 2. The fourth-order valence-electron chi connectivity index (χ4n) is 3.17. The van der Waals surface area contributed by atoms with E-state index in [9.17, 15) is 4.79 Å². The monoisotopic (exact) mass is 389 g/mol. The maximum absolute atomic E-state index is 12.7. The summed E-state index contributed by atoms with van der Waals surface area (Å²) in [6.45, 7) is 5.99. The number of ether oxygens (including phenoxy) is 1. The smallest absolute Gasteiger partial charge is 0.318 e. The second-order valence-corrected chi connectivity index (χ2v) is 6.79. The van der Waals surface area contributed by atoms with Crippen molar-refractivity contribution < 1.29 is 9.53 Å². The van der Waals surface area contributed by atoms with Crippen molar-refractivity contribution in [2.75, 3.05) is 13.7 Å². The van der Waals surface area contributed by atoms with E-state index in [-0.39, 0.29) is 6.03 Å². The summed E-state index contributed by atoms with van der Waals surface area (Å²) in [6.07, 6.45) is 3.78. The van der Waals surface area contributed by atoms with Crippen molar-refractivity contribution in [1.82, 2.24) is 14.8 Å². The van der Waals surface area contributed by atoms with Gasteiger partial charge in [0, 0.05) is 31.5 Å². The summed E-state index contributed by atoms with van der Waals surface area (Å²) in [6, 6.07) is 21.8. The van der Waals surface area contributed by atoms with Gasteiger partial charge in [0.2, 0.25) is 0 Å². The van der Waals surface area contributed by atoms with E-state index < -0.39 is 0 Å². The summed E-state index contributed by atoms with van der Waals surface area (Å²) < 4.78 is 7.46. The van der Waals surface area contributed by atoms with Crippen LogP contribution in [-0.4, -0.2) is 29.2 Å². The number of nitrogens with one attached hydrogen (secondary N) is 1. The lowest BCUT2D eigenvalue weighted by Crippen LogP contribution is -2.39. The number of aromatic nitrogens is 1. The second kappa shape index (κ2) is 10.2. The SMILES string of the molecule is C=CCN(Cc1cccn1Cc1cccc(OC)c1)C(=O)NCc1ccccc1. The molecule has 2 amide bonds. The van der Waals surface area contributed by atoms with Gasteiger partial charge in [0.15, 0.2) is 0 Å². The van der Waals surface area contributed by atoms with E-state index in [0.29, 0.717) is 26.2 Å². The number of rotatable bonds is 9. The van der Waals surface area contributed by atoms with Crippen LogP contribution in [0.2, 0.25) is 0 Å². The molecule has 0 unspecified atom stereocenters. The zero-order chi connectivity index (χ0) is 20.5. The molecule has 0 bridgehead atoms. The first-order valence-electron chi connectivity index (χ1n) is 9.64. The molecule has 2 aromatic carbocycles. The van der Waals surface area contributed by atoms with Crippen LogP contribution in [0.1, 0.15) is 16.8 Å². The molecule has 0 spiro atoms. The Hall–Kier alpha value is -3.47. The second-order valence-electron chi connectivity index (χ2n) is 6.79. The molecule has 0 radical (unpaired) electrons. The van der Waals surface area contributed by atoms with E-state index in [4.69, 9.17) is 4.74 Å². The average Bonchev–Trinajstić information content (AvgIpc) is 3.19. The Morgan fingerprint density at radius 2 is 1.90 bits per heavy atom. The van der Waals surface area contributed by atoms with Crippen molar-refractivity contribution in [2.24, 2.45) is 0 Å². The molecular formula is C24H27N3O2. The van der Waals surface area contributed by atoms with Gasteiger partial charge in [-0.25, -0.2) is 4.79 Å². The van der Waals surface area contributed by atoms with Crippen LogP contribution >= 0.6 is 0 Å². The number of carbonyl (C=O) groups excluding carboxylic acids is 1. The Morgan fingerprint density at radius 1 is 1.10 bits per heavy atom. The molecule has 0 saturated heterocycles. The summed E-state index contributed by atoms with van der Waals surface area (Å²) in [5.74, 6) is 0.838. The average molecular weight is 389 g/mol. The number of hydrogen-bond donors (Lipinski definition) is 1. The van der Waals surface area contributed by atoms with Gasteiger partial charge >= 0.3 is 6.03 Å². The molecule has 150 valence electrons. The third-order valence-electron chi connectivity index (χ3n) is 4.69. The Labute approximate surface area is 172 Å². The highest BCUT2D eigenvalue weighted by atomic mass is 16.5. The molecule has 0 aliphatic heterocycles. The van der Waals surface area contributed by atoms with E-state index in [1.54, 1.807) is 18.1 Å². The van der Waals surface area contributed by atoms with Gasteiger partial charge in [0.1, 0.15) is 5.75 Å². The molecule has 3 aromatic rings. The van der Waals surface area contributed by atoms with Crippen LogP contribution in [-0.2, 0) is 19.6 Å². The third-order valence-corrected chi connectivity index (χ3v) is 4.69. The molecule has 5 heteroatoms. The highest BCUT2D eigenvalue weighted by Crippen LogP contribution is 2.16. The largest absolute Gasteiger partial charge is 0.497 e. The van der Waals surface area contributed by atoms with Crippen LogP contribution in [0.25, 0.3) is 0 Å². The molecule has 0 aliphatic rings. The number of hydrogen-bond acceptors (Lipinski definition) is 2. The molecule has 29 heavy (non-hydrogen) atoms. The van der Waals surface area contributed by atoms with Gasteiger partial charge < -0.3 is 19.5 Å². The summed E-state index contributed by atoms with van der Waals surface area (Å²) in [5.41, 5.74) is 3.27. The highest BCUT2D eigenvalue weighted by Gasteiger charge is 2.14. The predicted molar refractivity (Wildman–Crippen MR) is 116 cm³/mol. The van der Waals surface area contributed by atoms with Crippen molar-refractivity contribution >= 4 is 6.03 Å². The quantitative estimate of drug-likeness (QED) is 0.550. The maximum atomic E-state index is 12.7. The zero-order valence-electron chi connectivity index (χ0n) is 16.8. The molecular weight excluding hydrogens is 362 g/mol. The first-order chi connectivity index (χ1) is 14.2. The number of nitrogens with zero attached hydrogens (tertiary/aromatic N) is 2. The topological polar surface area (TPSA) is 46.5 Å². The molecule has 0 aliphatic carbocycles. The van der Waals surface area contributed by atoms with E-state index in [1.165, 1.54) is 0 Å². The van der Waals surface area contributed by atoms with E-state index >= 15 is 0 Å². The number of urea groups is 1. The zero-order valence-corrected chi connectivity index (χ0v) is 16.8. The minimum atomic E-state index is -0.108. The van der Waals surface area contributed by atoms with E-state index in [2.05, 4.69) is 22.5 Å². The van der Waals surface area contributed by atoms with Gasteiger partial charge in [-0.1, -0.05) is 48.5 Å². The minimum absolute atomic E-state index is 0.108. The van der Waals surface area contributed by atoms with Gasteiger partial charge in [0.05, 0.1) is 13.7 Å². The van der Waals surface area contributed by atoms with Crippen molar-refractivity contribution in [3.63, 3.8) is 0 Å². The summed E-state index contributed by atoms with van der Waals surface area (Å²) >= 11 is 0. The molecule has 0 fully saturated rings. The molecule has 3 rings (SSSR count). The lowest BCUT2D eigenvalue weighted by atomic mass is 10.2. The lowest BCUT2D eigenvalue weighted by Gasteiger charge is -2.23. The number of carbonyl (C=O) groups is 1. The molecule has 0 saturated carbocycles. The standard InChI is InChI=1S/C24H27N3O2/c1-3-14-27(24(28)25-17-20-9-5-4-6-10-20)19-22-12-8-15-26(22)18-21-11-7-13-23(16-21)29-2/h3-13,15-16H,1,14,17-19H2,2H3,(H,25,28). The predicted octanol–water partition coefficient (Wildman–Crippen LogP) is 4.44. The fourth-order valence-corrected chi connectivity index (χ4v) is 3.17. The van der Waals surface area contributed by atoms with Gasteiger partial charge in [-0.05, 0) is 35.4 Å². The first-order valence-corrected chi connectivity index (χ1v) is 9.64. The fraction of sp³-hybridized carbons (Fsp3) is 0.208. The highest BCUT2D eigenvalue weighted by molar-refractivity contribution is 5.74. The van der Waals surface area contributed by atoms with Crippen LogP contribution < -0.4 is 10.1 Å². The van der Waals surface area contributed by atoms with Crippen molar-refractivity contribution in [1.29, 1.82) is 0 Å². The van der Waals surface area contributed by atoms with Crippen LogP contribution in [0.4, 0.5) is 4.79 Å². The van der Waals surface area contributed by atoms with Crippen molar-refractivity contribution in [2.45, 2.75) is 19.6 Å². The van der Waals surface area contributed by atoms with E-state index in [1.807, 2.05) is 66.9 Å². The van der Waals surface area contributed by atoms with Crippen molar-refractivity contribution in [3.8, 4) is 5.75 Å². The lowest BCUT2D eigenvalue weighted by molar-refractivity contribution is 0.199. The summed E-state index contributed by atoms with van der Waals surface area (Å²) in [7, 11) is 1.67. The Morgan fingerprint density at radius 3 is 2.66 bits per heavy atom. The maximum Gasteiger partial charge on any atom is 0.318 e. The van der Waals surface area contributed by atoms with Crippen LogP contribution in [0.3, 0.4) is 0 Å². The number of benzene rings is 2. The van der Waals surface area contributed by atoms with Gasteiger partial charge in [-0.15, -0.1) is 6.58 Å². The molecule has 5 nitrogen and oxygen atoms in total.